The number of fused-ring (bicyclic) bond motifs is 6. The van der Waals surface area contributed by atoms with Gasteiger partial charge in [0.15, 0.2) is 11.5 Å². The number of hydrogen-bond donors (Lipinski definition) is 1. The van der Waals surface area contributed by atoms with Crippen LogP contribution >= 0.6 is 0 Å². The molecule has 0 unspecified atom stereocenters. The van der Waals surface area contributed by atoms with Gasteiger partial charge in [-0.3, -0.25) is 14.5 Å². The van der Waals surface area contributed by atoms with E-state index >= 15 is 0 Å². The molecule has 0 saturated carbocycles. The molecule has 3 aliphatic rings. The van der Waals surface area contributed by atoms with Crippen LogP contribution in [0, 0.1) is 11.8 Å². The summed E-state index contributed by atoms with van der Waals surface area (Å²) in [6, 6.07) is 4.30. The normalized spacial score (nSPS) is 25.1. The Morgan fingerprint density at radius 2 is 1.90 bits per heavy atom. The van der Waals surface area contributed by atoms with Crippen LogP contribution in [0.3, 0.4) is 0 Å². The number of benzene rings is 1. The summed E-state index contributed by atoms with van der Waals surface area (Å²) >= 11 is 0. The Hall–Kier alpha value is -3.07. The maximum atomic E-state index is 13.8. The maximum absolute atomic E-state index is 13.8. The van der Waals surface area contributed by atoms with E-state index in [9.17, 15) is 9.59 Å². The Balaban J connectivity index is 1.35. The second kappa shape index (κ2) is 12.4. The summed E-state index contributed by atoms with van der Waals surface area (Å²) in [5, 5.41) is 3.09. The van der Waals surface area contributed by atoms with Crippen LogP contribution in [0.25, 0.3) is 0 Å². The van der Waals surface area contributed by atoms with Crippen LogP contribution < -0.4 is 14.8 Å². The number of piperidine rings is 2. The van der Waals surface area contributed by atoms with Crippen LogP contribution in [0.1, 0.15) is 55.5 Å². The number of carbonyl (C=O) groups is 2. The molecule has 1 N–H and O–H groups in total. The number of nitrogens with zero attached hydrogens (tertiary/aromatic N) is 4. The summed E-state index contributed by atoms with van der Waals surface area (Å²) in [4.78, 5) is 35.6. The van der Waals surface area contributed by atoms with Crippen molar-refractivity contribution in [3.05, 3.63) is 41.5 Å². The minimum absolute atomic E-state index is 0.0898. The van der Waals surface area contributed by atoms with Gasteiger partial charge in [0.05, 0.1) is 20.8 Å². The largest absolute Gasteiger partial charge is 0.493 e. The zero-order valence-corrected chi connectivity index (χ0v) is 23.7. The number of methoxy groups -OCH3 is 2. The summed E-state index contributed by atoms with van der Waals surface area (Å²) in [6.07, 6.45) is 9.90. The topological polar surface area (TPSA) is 88.9 Å². The summed E-state index contributed by atoms with van der Waals surface area (Å²) in [7, 11) is 5.35. The molecular formula is C30H43N5O4. The lowest BCUT2D eigenvalue weighted by molar-refractivity contribution is -0.141. The van der Waals surface area contributed by atoms with E-state index in [0.29, 0.717) is 43.4 Å². The third-order valence-corrected chi connectivity index (χ3v) is 8.74. The van der Waals surface area contributed by atoms with Crippen molar-refractivity contribution >= 4 is 11.8 Å². The summed E-state index contributed by atoms with van der Waals surface area (Å²) < 4.78 is 13.4. The molecule has 1 aromatic carbocycles. The Morgan fingerprint density at radius 1 is 1.03 bits per heavy atom. The van der Waals surface area contributed by atoms with Gasteiger partial charge in [-0.1, -0.05) is 6.07 Å². The highest BCUT2D eigenvalue weighted by molar-refractivity contribution is 5.77. The van der Waals surface area contributed by atoms with Crippen molar-refractivity contribution in [2.45, 2.75) is 64.0 Å². The van der Waals surface area contributed by atoms with Crippen molar-refractivity contribution in [1.82, 2.24) is 24.7 Å². The Bertz CT molecular complexity index is 1160. The number of aryl methyl sites for hydroxylation is 3. The average molecular weight is 538 g/mol. The monoisotopic (exact) mass is 537 g/mol. The molecule has 39 heavy (non-hydrogen) atoms. The number of nitrogens with one attached hydrogen (secondary N) is 1. The van der Waals surface area contributed by atoms with Crippen LogP contribution in [-0.2, 0) is 36.0 Å². The molecule has 3 aliphatic heterocycles. The van der Waals surface area contributed by atoms with Gasteiger partial charge in [-0.15, -0.1) is 0 Å². The van der Waals surface area contributed by atoms with Crippen LogP contribution in [0.5, 0.6) is 11.5 Å². The second-order valence-corrected chi connectivity index (χ2v) is 11.5. The van der Waals surface area contributed by atoms with E-state index in [1.54, 1.807) is 14.2 Å². The standard InChI is InChI=1S/C30H43N5O4/c1-33-13-12-31-27(33)20-34-17-22-15-24(19-34)25-7-4-8-28(36)32-11-5-6-23-14-21(9-10-29(37)35(25)18-22)16-26(38-2)30(23)39-3/h12-14,16,22,24-25H,4-11,15,17-20H2,1-3H3,(H,32,36)/t22-,24-,25-/m0/s1. The number of hydrogen-bond acceptors (Lipinski definition) is 6. The third-order valence-electron chi connectivity index (χ3n) is 8.74. The number of amides is 2. The summed E-state index contributed by atoms with van der Waals surface area (Å²) in [6.45, 7) is 4.21. The van der Waals surface area contributed by atoms with E-state index in [2.05, 4.69) is 30.7 Å². The van der Waals surface area contributed by atoms with Crippen LogP contribution in [0.4, 0.5) is 0 Å². The van der Waals surface area contributed by atoms with Crippen molar-refractivity contribution in [3.8, 4) is 11.5 Å². The number of carbonyl (C=O) groups excluding carboxylic acids is 2. The molecule has 0 spiro atoms. The van der Waals surface area contributed by atoms with Crippen LogP contribution in [-0.4, -0.2) is 77.6 Å². The zero-order chi connectivity index (χ0) is 27.4. The van der Waals surface area contributed by atoms with E-state index in [-0.39, 0.29) is 17.9 Å². The summed E-state index contributed by atoms with van der Waals surface area (Å²) in [5.41, 5.74) is 2.14. The molecule has 3 atom stereocenters. The third kappa shape index (κ3) is 6.40. The van der Waals surface area contributed by atoms with Crippen molar-refractivity contribution in [2.75, 3.05) is 40.4 Å². The van der Waals surface area contributed by atoms with Gasteiger partial charge in [-0.25, -0.2) is 4.98 Å². The molecule has 0 radical (unpaired) electrons. The molecule has 5 rings (SSSR count). The molecule has 2 fully saturated rings. The lowest BCUT2D eigenvalue weighted by atomic mass is 9.77. The number of ether oxygens (including phenoxy) is 2. The van der Waals surface area contributed by atoms with Gasteiger partial charge in [0.2, 0.25) is 11.8 Å². The molecule has 2 amide bonds. The van der Waals surface area contributed by atoms with E-state index in [0.717, 1.165) is 81.0 Å². The Labute approximate surface area is 231 Å². The Kier molecular flexibility index (Phi) is 8.75. The lowest BCUT2D eigenvalue weighted by Gasteiger charge is -2.51. The van der Waals surface area contributed by atoms with E-state index in [1.807, 2.05) is 25.5 Å². The molecule has 4 heterocycles. The second-order valence-electron chi connectivity index (χ2n) is 11.5. The smallest absolute Gasteiger partial charge is 0.223 e. The van der Waals surface area contributed by atoms with E-state index in [4.69, 9.17) is 9.47 Å². The average Bonchev–Trinajstić information content (AvgIpc) is 3.33. The molecule has 9 nitrogen and oxygen atoms in total. The zero-order valence-electron chi connectivity index (χ0n) is 23.7. The maximum Gasteiger partial charge on any atom is 0.223 e. The van der Waals surface area contributed by atoms with Gasteiger partial charge >= 0.3 is 0 Å². The minimum atomic E-state index is 0.0898. The van der Waals surface area contributed by atoms with Gasteiger partial charge < -0.3 is 24.3 Å². The molecule has 2 aromatic rings. The first kappa shape index (κ1) is 27.5. The van der Waals surface area contributed by atoms with E-state index in [1.165, 1.54) is 0 Å². The molecule has 1 aromatic heterocycles. The minimum Gasteiger partial charge on any atom is -0.493 e. The van der Waals surface area contributed by atoms with Gasteiger partial charge in [-0.2, -0.15) is 0 Å². The van der Waals surface area contributed by atoms with Gasteiger partial charge in [0.1, 0.15) is 5.82 Å². The van der Waals surface area contributed by atoms with Gasteiger partial charge in [0.25, 0.3) is 0 Å². The highest BCUT2D eigenvalue weighted by Crippen LogP contribution is 2.37. The van der Waals surface area contributed by atoms with Crippen molar-refractivity contribution in [2.24, 2.45) is 18.9 Å². The quantitative estimate of drug-likeness (QED) is 0.645. The predicted molar refractivity (Wildman–Crippen MR) is 149 cm³/mol. The molecular weight excluding hydrogens is 494 g/mol. The highest BCUT2D eigenvalue weighted by atomic mass is 16.5. The first-order chi connectivity index (χ1) is 18.9. The molecule has 0 aliphatic carbocycles. The van der Waals surface area contributed by atoms with Crippen molar-refractivity contribution in [3.63, 3.8) is 0 Å². The lowest BCUT2D eigenvalue weighted by Crippen LogP contribution is -2.59. The van der Waals surface area contributed by atoms with E-state index < -0.39 is 0 Å². The first-order valence-corrected chi connectivity index (χ1v) is 14.4. The van der Waals surface area contributed by atoms with Crippen LogP contribution in [0.2, 0.25) is 0 Å². The first-order valence-electron chi connectivity index (χ1n) is 14.4. The SMILES string of the molecule is COc1cc2cc(c1OC)CCCNC(=O)CCC[C@H]1[C@H]3C[C@@H](CN(Cc4nccn4C)C3)CN1C(=O)CC2. The molecule has 4 bridgehead atoms. The highest BCUT2D eigenvalue weighted by Gasteiger charge is 2.42. The van der Waals surface area contributed by atoms with Gasteiger partial charge in [0, 0.05) is 64.5 Å². The predicted octanol–water partition coefficient (Wildman–Crippen LogP) is 2.95. The van der Waals surface area contributed by atoms with Crippen molar-refractivity contribution in [1.29, 1.82) is 0 Å². The number of rotatable bonds is 4. The fraction of sp³-hybridized carbons (Fsp3) is 0.633. The van der Waals surface area contributed by atoms with Crippen LogP contribution in [0.15, 0.2) is 24.5 Å². The molecule has 9 heteroatoms. The number of aromatic nitrogens is 2. The van der Waals surface area contributed by atoms with Crippen molar-refractivity contribution < 1.29 is 19.1 Å². The summed E-state index contributed by atoms with van der Waals surface area (Å²) in [5.74, 6) is 3.70. The number of likely N-dealkylation sites (tertiary alicyclic amines) is 1. The fourth-order valence-electron chi connectivity index (χ4n) is 6.88. The molecule has 2 saturated heterocycles. The Morgan fingerprint density at radius 3 is 2.67 bits per heavy atom. The van der Waals surface area contributed by atoms with Gasteiger partial charge in [-0.05, 0) is 67.6 Å². The fourth-order valence-corrected chi connectivity index (χ4v) is 6.88. The molecule has 212 valence electrons. The number of imidazole rings is 1.